The second-order valence-electron chi connectivity index (χ2n) is 2.05. The molecule has 0 atom stereocenters. The average molecular weight is 203 g/mol. The highest BCUT2D eigenvalue weighted by Gasteiger charge is 2.14. The third-order valence-electron chi connectivity index (χ3n) is 1.32. The Kier molecular flexibility index (Phi) is 3.02. The van der Waals surface area contributed by atoms with Gasteiger partial charge in [0.1, 0.15) is 5.56 Å². The molecule has 70 valence electrons. The smallest absolute Gasteiger partial charge is 0.344 e. The molecule has 0 aromatic carbocycles. The van der Waals surface area contributed by atoms with Gasteiger partial charge in [0.25, 0.3) is 0 Å². The summed E-state index contributed by atoms with van der Waals surface area (Å²) in [6.45, 7) is 0. The maximum absolute atomic E-state index is 11.1. The number of hydrogen-bond acceptors (Lipinski definition) is 5. The molecule has 6 heteroatoms. The van der Waals surface area contributed by atoms with E-state index in [1.54, 1.807) is 0 Å². The molecular weight excluding hydrogens is 196 g/mol. The molecule has 0 bridgehead atoms. The van der Waals surface area contributed by atoms with Crippen molar-refractivity contribution in [3.63, 3.8) is 0 Å². The Balaban J connectivity index is 3.13. The van der Waals surface area contributed by atoms with Crippen molar-refractivity contribution in [3.8, 4) is 5.88 Å². The lowest BCUT2D eigenvalue weighted by Crippen LogP contribution is -2.06. The Labute approximate surface area is 79.7 Å². The summed E-state index contributed by atoms with van der Waals surface area (Å²) in [6.07, 6.45) is 1.25. The zero-order chi connectivity index (χ0) is 9.84. The van der Waals surface area contributed by atoms with Crippen LogP contribution in [0.5, 0.6) is 5.88 Å². The van der Waals surface area contributed by atoms with Gasteiger partial charge < -0.3 is 9.47 Å². The molecule has 0 radical (unpaired) electrons. The predicted octanol–water partition coefficient (Wildman–Crippen LogP) is 0.925. The van der Waals surface area contributed by atoms with Gasteiger partial charge >= 0.3 is 5.97 Å². The molecule has 0 saturated heterocycles. The van der Waals surface area contributed by atoms with Crippen molar-refractivity contribution in [2.24, 2.45) is 0 Å². The standard InChI is InChI=1S/C7H7ClN2O3/c1-12-5-4(6(11)13-2)3-9-7(8)10-5/h3H,1-2H3. The van der Waals surface area contributed by atoms with Crippen LogP contribution in [0.3, 0.4) is 0 Å². The van der Waals surface area contributed by atoms with Crippen LogP contribution < -0.4 is 4.74 Å². The number of halogens is 1. The summed E-state index contributed by atoms with van der Waals surface area (Å²) in [6, 6.07) is 0. The summed E-state index contributed by atoms with van der Waals surface area (Å²) >= 11 is 5.49. The molecule has 0 saturated carbocycles. The Morgan fingerprint density at radius 3 is 2.77 bits per heavy atom. The topological polar surface area (TPSA) is 61.3 Å². The number of esters is 1. The summed E-state index contributed by atoms with van der Waals surface area (Å²) in [5.74, 6) is -0.458. The molecule has 5 nitrogen and oxygen atoms in total. The summed E-state index contributed by atoms with van der Waals surface area (Å²) < 4.78 is 9.29. The van der Waals surface area contributed by atoms with Crippen molar-refractivity contribution < 1.29 is 14.3 Å². The summed E-state index contributed by atoms with van der Waals surface area (Å²) in [4.78, 5) is 18.4. The Morgan fingerprint density at radius 2 is 2.23 bits per heavy atom. The lowest BCUT2D eigenvalue weighted by atomic mass is 10.3. The maximum atomic E-state index is 11.1. The van der Waals surface area contributed by atoms with E-state index in [0.29, 0.717) is 0 Å². The van der Waals surface area contributed by atoms with E-state index in [9.17, 15) is 4.79 Å². The van der Waals surface area contributed by atoms with E-state index in [4.69, 9.17) is 16.3 Å². The Bertz CT molecular complexity index is 330. The van der Waals surface area contributed by atoms with Gasteiger partial charge in [0.15, 0.2) is 0 Å². The number of ether oxygens (including phenoxy) is 2. The van der Waals surface area contributed by atoms with Gasteiger partial charge in [-0.2, -0.15) is 4.98 Å². The highest BCUT2D eigenvalue weighted by Crippen LogP contribution is 2.16. The number of aromatic nitrogens is 2. The van der Waals surface area contributed by atoms with Crippen LogP contribution in [-0.4, -0.2) is 30.2 Å². The highest BCUT2D eigenvalue weighted by molar-refractivity contribution is 6.28. The van der Waals surface area contributed by atoms with Crippen LogP contribution in [0.25, 0.3) is 0 Å². The fourth-order valence-corrected chi connectivity index (χ4v) is 0.877. The van der Waals surface area contributed by atoms with Crippen LogP contribution in [0.15, 0.2) is 6.20 Å². The van der Waals surface area contributed by atoms with Gasteiger partial charge in [0.05, 0.1) is 20.4 Å². The summed E-state index contributed by atoms with van der Waals surface area (Å²) in [5.41, 5.74) is 0.148. The fourth-order valence-electron chi connectivity index (χ4n) is 0.751. The van der Waals surface area contributed by atoms with Crippen molar-refractivity contribution in [3.05, 3.63) is 17.0 Å². The van der Waals surface area contributed by atoms with E-state index in [2.05, 4.69) is 14.7 Å². The zero-order valence-corrected chi connectivity index (χ0v) is 7.83. The van der Waals surface area contributed by atoms with E-state index < -0.39 is 5.97 Å². The molecule has 0 N–H and O–H groups in total. The van der Waals surface area contributed by atoms with Crippen molar-refractivity contribution in [2.75, 3.05) is 14.2 Å². The number of rotatable bonds is 2. The Morgan fingerprint density at radius 1 is 1.54 bits per heavy atom. The maximum Gasteiger partial charge on any atom is 0.344 e. The molecule has 1 aromatic heterocycles. The van der Waals surface area contributed by atoms with Crippen molar-refractivity contribution in [1.82, 2.24) is 9.97 Å². The lowest BCUT2D eigenvalue weighted by Gasteiger charge is -2.03. The van der Waals surface area contributed by atoms with Crippen molar-refractivity contribution in [2.45, 2.75) is 0 Å². The van der Waals surface area contributed by atoms with E-state index in [1.165, 1.54) is 20.4 Å². The lowest BCUT2D eigenvalue weighted by molar-refractivity contribution is 0.0595. The first kappa shape index (κ1) is 9.73. The van der Waals surface area contributed by atoms with E-state index in [0.717, 1.165) is 0 Å². The molecule has 0 spiro atoms. The average Bonchev–Trinajstić information content (AvgIpc) is 2.16. The van der Waals surface area contributed by atoms with Crippen LogP contribution in [-0.2, 0) is 4.74 Å². The van der Waals surface area contributed by atoms with Gasteiger partial charge in [-0.25, -0.2) is 9.78 Å². The fraction of sp³-hybridized carbons (Fsp3) is 0.286. The second-order valence-corrected chi connectivity index (χ2v) is 2.39. The molecule has 1 aromatic rings. The normalized spacial score (nSPS) is 9.46. The monoisotopic (exact) mass is 202 g/mol. The van der Waals surface area contributed by atoms with Gasteiger partial charge in [-0.05, 0) is 11.6 Å². The number of carbonyl (C=O) groups is 1. The molecule has 0 aliphatic carbocycles. The first-order chi connectivity index (χ1) is 6.19. The quantitative estimate of drug-likeness (QED) is 0.527. The zero-order valence-electron chi connectivity index (χ0n) is 7.07. The van der Waals surface area contributed by atoms with E-state index in [-0.39, 0.29) is 16.7 Å². The molecule has 0 aliphatic heterocycles. The molecule has 0 amide bonds. The Hall–Kier alpha value is -1.36. The molecule has 0 unspecified atom stereocenters. The van der Waals surface area contributed by atoms with Gasteiger partial charge in [0, 0.05) is 0 Å². The van der Waals surface area contributed by atoms with Crippen LogP contribution in [0, 0.1) is 0 Å². The van der Waals surface area contributed by atoms with Gasteiger partial charge in [-0.1, -0.05) is 0 Å². The van der Waals surface area contributed by atoms with Gasteiger partial charge in [-0.15, -0.1) is 0 Å². The second kappa shape index (κ2) is 4.04. The summed E-state index contributed by atoms with van der Waals surface area (Å²) in [5, 5.41) is 0.0181. The van der Waals surface area contributed by atoms with E-state index >= 15 is 0 Å². The molecule has 1 rings (SSSR count). The van der Waals surface area contributed by atoms with Crippen LogP contribution in [0.4, 0.5) is 0 Å². The van der Waals surface area contributed by atoms with Gasteiger partial charge in [0.2, 0.25) is 11.2 Å². The number of methoxy groups -OCH3 is 2. The van der Waals surface area contributed by atoms with Crippen molar-refractivity contribution >= 4 is 17.6 Å². The van der Waals surface area contributed by atoms with Crippen LogP contribution >= 0.6 is 11.6 Å². The molecular formula is C7H7ClN2O3. The van der Waals surface area contributed by atoms with E-state index in [1.807, 2.05) is 0 Å². The minimum Gasteiger partial charge on any atom is -0.480 e. The number of carbonyl (C=O) groups excluding carboxylic acids is 1. The molecule has 0 aliphatic rings. The van der Waals surface area contributed by atoms with Gasteiger partial charge in [-0.3, -0.25) is 0 Å². The highest BCUT2D eigenvalue weighted by atomic mass is 35.5. The minimum atomic E-state index is -0.562. The first-order valence-electron chi connectivity index (χ1n) is 3.34. The minimum absolute atomic E-state index is 0.0181. The predicted molar refractivity (Wildman–Crippen MR) is 44.9 cm³/mol. The number of hydrogen-bond donors (Lipinski definition) is 0. The largest absolute Gasteiger partial charge is 0.480 e. The third kappa shape index (κ3) is 2.06. The SMILES string of the molecule is COC(=O)c1cnc(Cl)nc1OC. The van der Waals surface area contributed by atoms with Crippen LogP contribution in [0.2, 0.25) is 5.28 Å². The third-order valence-corrected chi connectivity index (χ3v) is 1.51. The molecule has 1 heterocycles. The number of nitrogens with zero attached hydrogens (tertiary/aromatic N) is 2. The molecule has 13 heavy (non-hydrogen) atoms. The van der Waals surface area contributed by atoms with Crippen molar-refractivity contribution in [1.29, 1.82) is 0 Å². The molecule has 0 fully saturated rings. The first-order valence-corrected chi connectivity index (χ1v) is 3.71. The van der Waals surface area contributed by atoms with Crippen LogP contribution in [0.1, 0.15) is 10.4 Å². The summed E-state index contributed by atoms with van der Waals surface area (Å²) in [7, 11) is 2.64.